The number of non-ortho nitro benzene ring substituents is 1. The van der Waals surface area contributed by atoms with Gasteiger partial charge in [0, 0.05) is 51.9 Å². The van der Waals surface area contributed by atoms with E-state index in [1.165, 1.54) is 12.1 Å². The maximum Gasteiger partial charge on any atom is 0.269 e. The minimum absolute atomic E-state index is 0.0827. The molecule has 1 aliphatic rings. The summed E-state index contributed by atoms with van der Waals surface area (Å²) in [4.78, 5) is 19.3. The Kier molecular flexibility index (Phi) is 6.83. The highest BCUT2D eigenvalue weighted by Gasteiger charge is 2.41. The molecule has 1 aliphatic heterocycles. The second-order valence-electron chi connectivity index (χ2n) is 9.03. The Hall–Kier alpha value is -4.47. The van der Waals surface area contributed by atoms with Crippen LogP contribution in [0.2, 0.25) is 0 Å². The zero-order valence-corrected chi connectivity index (χ0v) is 22.3. The lowest BCUT2D eigenvalue weighted by Gasteiger charge is -2.27. The molecule has 192 valence electrons. The summed E-state index contributed by atoms with van der Waals surface area (Å²) in [5.74, 6) is 0. The van der Waals surface area contributed by atoms with Crippen molar-refractivity contribution in [2.45, 2.75) is 21.9 Å². The number of aromatic nitrogens is 2. The average Bonchev–Trinajstić information content (AvgIpc) is 3.59. The molecule has 0 saturated carbocycles. The number of nitro groups is 1. The number of nitrogens with one attached hydrogen (secondary N) is 1. The molecule has 0 bridgehead atoms. The topological polar surface area (TPSA) is 76.2 Å². The molecule has 1 N–H and O–H groups in total. The largest absolute Gasteiger partial charge is 0.351 e. The van der Waals surface area contributed by atoms with E-state index >= 15 is 0 Å². The molecule has 7 nitrogen and oxygen atoms in total. The second kappa shape index (κ2) is 10.7. The van der Waals surface area contributed by atoms with Gasteiger partial charge in [0.05, 0.1) is 22.7 Å². The van der Waals surface area contributed by atoms with Crippen LogP contribution in [0.3, 0.4) is 0 Å². The molecule has 1 saturated heterocycles. The summed E-state index contributed by atoms with van der Waals surface area (Å²) in [5.41, 5.74) is 4.18. The molecule has 5 aromatic rings. The van der Waals surface area contributed by atoms with Crippen LogP contribution >= 0.6 is 24.0 Å². The van der Waals surface area contributed by atoms with Crippen molar-refractivity contribution in [3.8, 4) is 5.69 Å². The Balaban J connectivity index is 1.31. The quantitative estimate of drug-likeness (QED) is 0.132. The smallest absolute Gasteiger partial charge is 0.269 e. The fourth-order valence-corrected chi connectivity index (χ4v) is 5.93. The number of hydrogen-bond acceptors (Lipinski definition) is 5. The van der Waals surface area contributed by atoms with Crippen LogP contribution in [0.25, 0.3) is 5.69 Å². The Labute approximate surface area is 235 Å². The van der Waals surface area contributed by atoms with Gasteiger partial charge >= 0.3 is 0 Å². The minimum Gasteiger partial charge on any atom is -0.351 e. The molecule has 0 aliphatic carbocycles. The predicted molar refractivity (Wildman–Crippen MR) is 157 cm³/mol. The van der Waals surface area contributed by atoms with Crippen molar-refractivity contribution in [2.24, 2.45) is 0 Å². The molecular formula is C30H23N5O2S2. The maximum atomic E-state index is 10.9. The van der Waals surface area contributed by atoms with E-state index in [0.717, 1.165) is 32.4 Å². The highest BCUT2D eigenvalue weighted by molar-refractivity contribution is 7.99. The number of rotatable bonds is 7. The van der Waals surface area contributed by atoms with E-state index in [1.54, 1.807) is 30.1 Å². The number of hydrogen-bond donors (Lipinski definition) is 1. The standard InChI is InChI=1S/C30H23N5O2S2/c36-35(37)24-11-15-26(16-12-24)39-25-13-9-23(10-14-25)34-29(28(32-30(34)38)27-8-4-5-18-31-27)21-17-19-33(20-21)22-6-2-1-3-7-22/h1-20,28-29H,(H,32,38)/t28-,29+/m1/s1. The molecule has 3 heterocycles. The molecule has 0 radical (unpaired) electrons. The van der Waals surface area contributed by atoms with Gasteiger partial charge in [-0.3, -0.25) is 15.1 Å². The summed E-state index contributed by atoms with van der Waals surface area (Å²) in [5, 5.41) is 15.1. The Morgan fingerprint density at radius 2 is 1.54 bits per heavy atom. The van der Waals surface area contributed by atoms with Crippen LogP contribution in [0.5, 0.6) is 0 Å². The lowest BCUT2D eigenvalue weighted by molar-refractivity contribution is -0.384. The molecule has 2 atom stereocenters. The third kappa shape index (κ3) is 5.14. The fourth-order valence-electron chi connectivity index (χ4n) is 4.77. The van der Waals surface area contributed by atoms with Crippen LogP contribution in [-0.2, 0) is 0 Å². The van der Waals surface area contributed by atoms with Gasteiger partial charge in [0.15, 0.2) is 5.11 Å². The van der Waals surface area contributed by atoms with Gasteiger partial charge in [0.2, 0.25) is 0 Å². The van der Waals surface area contributed by atoms with Crippen LogP contribution in [0.1, 0.15) is 23.3 Å². The van der Waals surface area contributed by atoms with E-state index in [2.05, 4.69) is 62.5 Å². The van der Waals surface area contributed by atoms with Gasteiger partial charge in [-0.05, 0) is 84.5 Å². The molecule has 6 rings (SSSR count). The number of para-hydroxylation sites is 1. The summed E-state index contributed by atoms with van der Waals surface area (Å²) >= 11 is 7.42. The van der Waals surface area contributed by atoms with Gasteiger partial charge in [-0.1, -0.05) is 36.0 Å². The molecule has 1 fully saturated rings. The molecule has 2 aromatic heterocycles. The van der Waals surface area contributed by atoms with Crippen LogP contribution in [0, 0.1) is 10.1 Å². The fraction of sp³-hybridized carbons (Fsp3) is 0.0667. The van der Waals surface area contributed by atoms with Crippen molar-refractivity contribution in [3.63, 3.8) is 0 Å². The monoisotopic (exact) mass is 549 g/mol. The number of nitrogens with zero attached hydrogens (tertiary/aromatic N) is 4. The van der Waals surface area contributed by atoms with E-state index in [9.17, 15) is 10.1 Å². The summed E-state index contributed by atoms with van der Waals surface area (Å²) in [6.07, 6.45) is 6.03. The van der Waals surface area contributed by atoms with Crippen molar-refractivity contribution < 1.29 is 4.92 Å². The van der Waals surface area contributed by atoms with Crippen LogP contribution in [0.4, 0.5) is 11.4 Å². The van der Waals surface area contributed by atoms with Gasteiger partial charge in [-0.25, -0.2) is 0 Å². The molecule has 0 spiro atoms. The van der Waals surface area contributed by atoms with Crippen molar-refractivity contribution in [3.05, 3.63) is 143 Å². The van der Waals surface area contributed by atoms with Crippen LogP contribution in [-0.4, -0.2) is 19.6 Å². The zero-order valence-electron chi connectivity index (χ0n) is 20.6. The third-order valence-corrected chi connectivity index (χ3v) is 7.94. The zero-order chi connectivity index (χ0) is 26.8. The first-order chi connectivity index (χ1) is 19.1. The van der Waals surface area contributed by atoms with Crippen molar-refractivity contribution in [1.29, 1.82) is 0 Å². The summed E-state index contributed by atoms with van der Waals surface area (Å²) in [6.45, 7) is 0. The van der Waals surface area contributed by atoms with E-state index in [4.69, 9.17) is 12.2 Å². The normalized spacial score (nSPS) is 16.7. The molecule has 3 aromatic carbocycles. The van der Waals surface area contributed by atoms with Crippen molar-refractivity contribution in [1.82, 2.24) is 14.9 Å². The number of anilines is 1. The predicted octanol–water partition coefficient (Wildman–Crippen LogP) is 7.11. The van der Waals surface area contributed by atoms with Gasteiger partial charge < -0.3 is 14.8 Å². The molecule has 0 amide bonds. The SMILES string of the molecule is O=[N+]([O-])c1ccc(Sc2ccc(N3C(=S)N[C@H](c4ccccn4)[C@@H]3c3ccn(-c4ccccc4)c3)cc2)cc1. The lowest BCUT2D eigenvalue weighted by Crippen LogP contribution is -2.29. The molecular weight excluding hydrogens is 526 g/mol. The molecule has 0 unspecified atom stereocenters. The van der Waals surface area contributed by atoms with E-state index in [1.807, 2.05) is 48.5 Å². The summed E-state index contributed by atoms with van der Waals surface area (Å²) < 4.78 is 2.12. The average molecular weight is 550 g/mol. The highest BCUT2D eigenvalue weighted by atomic mass is 32.2. The van der Waals surface area contributed by atoms with Gasteiger partial charge in [0.1, 0.15) is 0 Å². The highest BCUT2D eigenvalue weighted by Crippen LogP contribution is 2.42. The van der Waals surface area contributed by atoms with Crippen LogP contribution < -0.4 is 10.2 Å². The van der Waals surface area contributed by atoms with Crippen LogP contribution in [0.15, 0.2) is 132 Å². The summed E-state index contributed by atoms with van der Waals surface area (Å²) in [7, 11) is 0. The Bertz CT molecular complexity index is 1610. The number of pyridine rings is 1. The molecule has 39 heavy (non-hydrogen) atoms. The second-order valence-corrected chi connectivity index (χ2v) is 10.6. The third-order valence-electron chi connectivity index (χ3n) is 6.61. The molecule has 9 heteroatoms. The first kappa shape index (κ1) is 24.8. The van der Waals surface area contributed by atoms with E-state index < -0.39 is 0 Å². The maximum absolute atomic E-state index is 10.9. The van der Waals surface area contributed by atoms with Gasteiger partial charge in [-0.15, -0.1) is 0 Å². The van der Waals surface area contributed by atoms with Crippen molar-refractivity contribution in [2.75, 3.05) is 4.90 Å². The minimum atomic E-state index is -0.390. The lowest BCUT2D eigenvalue weighted by atomic mass is 9.98. The van der Waals surface area contributed by atoms with Gasteiger partial charge in [0.25, 0.3) is 5.69 Å². The van der Waals surface area contributed by atoms with Gasteiger partial charge in [-0.2, -0.15) is 0 Å². The number of nitro benzene ring substituents is 1. The number of thiocarbonyl (C=S) groups is 1. The van der Waals surface area contributed by atoms with E-state index in [-0.39, 0.29) is 22.7 Å². The number of benzene rings is 3. The van der Waals surface area contributed by atoms with Crippen molar-refractivity contribution >= 4 is 40.5 Å². The first-order valence-corrected chi connectivity index (χ1v) is 13.6. The Morgan fingerprint density at radius 1 is 0.846 bits per heavy atom. The van der Waals surface area contributed by atoms with E-state index in [0.29, 0.717) is 5.11 Å². The Morgan fingerprint density at radius 3 is 2.21 bits per heavy atom. The summed E-state index contributed by atoms with van der Waals surface area (Å²) in [6, 6.07) is 32.8. The first-order valence-electron chi connectivity index (χ1n) is 12.3.